The number of anilines is 1. The van der Waals surface area contributed by atoms with E-state index in [-0.39, 0.29) is 17.8 Å². The van der Waals surface area contributed by atoms with Gasteiger partial charge in [-0.3, -0.25) is 9.88 Å². The van der Waals surface area contributed by atoms with E-state index < -0.39 is 18.1 Å². The van der Waals surface area contributed by atoms with E-state index in [9.17, 15) is 18.3 Å². The van der Waals surface area contributed by atoms with E-state index in [0.29, 0.717) is 61.1 Å². The van der Waals surface area contributed by atoms with E-state index in [1.807, 2.05) is 17.9 Å². The number of nitrogens with one attached hydrogen (secondary N) is 1. The molecule has 2 unspecified atom stereocenters. The summed E-state index contributed by atoms with van der Waals surface area (Å²) in [5.41, 5.74) is 1.05. The van der Waals surface area contributed by atoms with Crippen molar-refractivity contribution in [2.24, 2.45) is 5.92 Å². The van der Waals surface area contributed by atoms with E-state index in [1.165, 1.54) is 6.07 Å². The van der Waals surface area contributed by atoms with Gasteiger partial charge in [0, 0.05) is 36.7 Å². The van der Waals surface area contributed by atoms with Crippen molar-refractivity contribution in [3.8, 4) is 5.82 Å². The lowest BCUT2D eigenvalue weighted by molar-refractivity contribution is -0.141. The Bertz CT molecular complexity index is 1200. The van der Waals surface area contributed by atoms with E-state index in [4.69, 9.17) is 21.3 Å². The molecular formula is C24H27ClF3N5O2. The molecule has 0 bridgehead atoms. The van der Waals surface area contributed by atoms with Gasteiger partial charge in [0.1, 0.15) is 17.7 Å². The maximum absolute atomic E-state index is 13.4. The van der Waals surface area contributed by atoms with Crippen molar-refractivity contribution in [2.45, 2.75) is 44.6 Å². The summed E-state index contributed by atoms with van der Waals surface area (Å²) in [4.78, 5) is 10.7. The molecule has 7 nitrogen and oxygen atoms in total. The first kappa shape index (κ1) is 24.3. The highest BCUT2D eigenvalue weighted by atomic mass is 35.5. The number of pyridine rings is 1. The third-order valence-electron chi connectivity index (χ3n) is 6.78. The molecule has 2 aliphatic heterocycles. The molecule has 0 spiro atoms. The van der Waals surface area contributed by atoms with Crippen LogP contribution < -0.4 is 10.2 Å². The van der Waals surface area contributed by atoms with Gasteiger partial charge in [0.2, 0.25) is 5.95 Å². The van der Waals surface area contributed by atoms with Gasteiger partial charge in [-0.1, -0.05) is 17.7 Å². The number of aliphatic hydroxyl groups is 1. The Hall–Kier alpha value is -2.40. The van der Waals surface area contributed by atoms with Gasteiger partial charge in [0.25, 0.3) is 0 Å². The maximum atomic E-state index is 13.4. The lowest BCUT2D eigenvalue weighted by atomic mass is 9.94. The Labute approximate surface area is 205 Å². The standard InChI is InChI=1S/C24H27ClF3N5O2/c1-14-11-19-18(12-17(14)25)30-23(33(19)21-4-2-3-20(31-21)24(26,27)28)32-8-5-15(6-9-32)22(34)29-16-7-10-35-13-16/h2-4,11-12,15-16,22,29,34H,5-10,13H2,1H3. The van der Waals surface area contributed by atoms with Gasteiger partial charge in [0.15, 0.2) is 0 Å². The average Bonchev–Trinajstić information content (AvgIpc) is 3.47. The number of alkyl halides is 3. The SMILES string of the molecule is Cc1cc2c(cc1Cl)nc(N1CCC(C(O)NC3CCOC3)CC1)n2-c1cccc(C(F)(F)F)n1. The van der Waals surface area contributed by atoms with Gasteiger partial charge in [-0.15, -0.1) is 0 Å². The van der Waals surface area contributed by atoms with Crippen LogP contribution in [0.15, 0.2) is 30.3 Å². The first-order valence-corrected chi connectivity index (χ1v) is 12.1. The average molecular weight is 510 g/mol. The molecule has 2 aromatic heterocycles. The van der Waals surface area contributed by atoms with Crippen LogP contribution >= 0.6 is 11.6 Å². The molecule has 3 aromatic rings. The Morgan fingerprint density at radius 2 is 1.94 bits per heavy atom. The molecule has 11 heteroatoms. The molecule has 2 saturated heterocycles. The number of nitrogens with zero attached hydrogens (tertiary/aromatic N) is 4. The molecule has 35 heavy (non-hydrogen) atoms. The number of benzene rings is 1. The Balaban J connectivity index is 1.45. The summed E-state index contributed by atoms with van der Waals surface area (Å²) in [5.74, 6) is 0.718. The lowest BCUT2D eigenvalue weighted by Gasteiger charge is -2.35. The van der Waals surface area contributed by atoms with Gasteiger partial charge in [0.05, 0.1) is 17.6 Å². The second kappa shape index (κ2) is 9.57. The minimum Gasteiger partial charge on any atom is -0.380 e. The van der Waals surface area contributed by atoms with Crippen LogP contribution in [0, 0.1) is 12.8 Å². The zero-order valence-electron chi connectivity index (χ0n) is 19.2. The molecule has 4 heterocycles. The quantitative estimate of drug-likeness (QED) is 0.499. The zero-order chi connectivity index (χ0) is 24.7. The summed E-state index contributed by atoms with van der Waals surface area (Å²) in [6.45, 7) is 4.34. The molecule has 188 valence electrons. The summed E-state index contributed by atoms with van der Waals surface area (Å²) in [6.07, 6.45) is -2.89. The van der Waals surface area contributed by atoms with E-state index in [1.54, 1.807) is 16.7 Å². The number of rotatable bonds is 5. The fraction of sp³-hybridized carbons (Fsp3) is 0.500. The number of hydrogen-bond donors (Lipinski definition) is 2. The van der Waals surface area contributed by atoms with Gasteiger partial charge in [-0.05, 0) is 56.0 Å². The number of imidazole rings is 1. The van der Waals surface area contributed by atoms with Crippen LogP contribution in [0.5, 0.6) is 0 Å². The van der Waals surface area contributed by atoms with E-state index in [0.717, 1.165) is 18.1 Å². The minimum atomic E-state index is -4.56. The first-order valence-electron chi connectivity index (χ1n) is 11.7. The normalized spacial score (nSPS) is 20.6. The highest BCUT2D eigenvalue weighted by molar-refractivity contribution is 6.32. The highest BCUT2D eigenvalue weighted by Gasteiger charge is 2.34. The fourth-order valence-electron chi connectivity index (χ4n) is 4.79. The monoisotopic (exact) mass is 509 g/mol. The predicted octanol–water partition coefficient (Wildman–Crippen LogP) is 4.31. The van der Waals surface area contributed by atoms with Crippen LogP contribution in [0.4, 0.5) is 19.1 Å². The third-order valence-corrected chi connectivity index (χ3v) is 7.18. The summed E-state index contributed by atoms with van der Waals surface area (Å²) < 4.78 is 47.3. The van der Waals surface area contributed by atoms with Crippen molar-refractivity contribution in [3.63, 3.8) is 0 Å². The molecule has 0 aliphatic carbocycles. The number of halogens is 4. The maximum Gasteiger partial charge on any atom is 0.433 e. The number of aliphatic hydroxyl groups excluding tert-OH is 1. The molecule has 0 radical (unpaired) electrons. The van der Waals surface area contributed by atoms with Crippen LogP contribution in [0.3, 0.4) is 0 Å². The minimum absolute atomic E-state index is 0.0630. The van der Waals surface area contributed by atoms with Crippen LogP contribution in [0.25, 0.3) is 16.9 Å². The van der Waals surface area contributed by atoms with Crippen LogP contribution in [0.2, 0.25) is 5.02 Å². The highest BCUT2D eigenvalue weighted by Crippen LogP contribution is 2.34. The zero-order valence-corrected chi connectivity index (χ0v) is 20.0. The van der Waals surface area contributed by atoms with Crippen LogP contribution in [-0.2, 0) is 10.9 Å². The van der Waals surface area contributed by atoms with Crippen molar-refractivity contribution in [2.75, 3.05) is 31.2 Å². The van der Waals surface area contributed by atoms with Gasteiger partial charge in [-0.2, -0.15) is 13.2 Å². The molecule has 2 fully saturated rings. The predicted molar refractivity (Wildman–Crippen MR) is 127 cm³/mol. The largest absolute Gasteiger partial charge is 0.433 e. The summed E-state index contributed by atoms with van der Waals surface area (Å²) in [5, 5.41) is 14.5. The van der Waals surface area contributed by atoms with Crippen molar-refractivity contribution in [1.82, 2.24) is 19.9 Å². The molecule has 0 saturated carbocycles. The molecule has 1 aromatic carbocycles. The van der Waals surface area contributed by atoms with Crippen molar-refractivity contribution >= 4 is 28.6 Å². The Morgan fingerprint density at radius 1 is 1.17 bits per heavy atom. The lowest BCUT2D eigenvalue weighted by Crippen LogP contribution is -2.47. The number of aryl methyl sites for hydroxylation is 1. The molecule has 2 N–H and O–H groups in total. The van der Waals surface area contributed by atoms with Crippen molar-refractivity contribution in [1.29, 1.82) is 0 Å². The van der Waals surface area contributed by atoms with Crippen LogP contribution in [0.1, 0.15) is 30.5 Å². The summed E-state index contributed by atoms with van der Waals surface area (Å²) in [6, 6.07) is 7.56. The van der Waals surface area contributed by atoms with Crippen molar-refractivity contribution < 1.29 is 23.0 Å². The summed E-state index contributed by atoms with van der Waals surface area (Å²) in [7, 11) is 0. The second-order valence-electron chi connectivity index (χ2n) is 9.21. The molecule has 2 aliphatic rings. The topological polar surface area (TPSA) is 75.4 Å². The number of ether oxygens (including phenoxy) is 1. The van der Waals surface area contributed by atoms with Gasteiger partial charge in [-0.25, -0.2) is 9.97 Å². The molecular weight excluding hydrogens is 483 g/mol. The second-order valence-corrected chi connectivity index (χ2v) is 9.62. The molecule has 0 amide bonds. The van der Waals surface area contributed by atoms with Crippen LogP contribution in [-0.4, -0.2) is 58.2 Å². The Morgan fingerprint density at radius 3 is 2.63 bits per heavy atom. The number of hydrogen-bond acceptors (Lipinski definition) is 6. The molecule has 2 atom stereocenters. The third kappa shape index (κ3) is 4.97. The fourth-order valence-corrected chi connectivity index (χ4v) is 4.95. The Kier molecular flexibility index (Phi) is 6.65. The number of piperidine rings is 1. The summed E-state index contributed by atoms with van der Waals surface area (Å²) >= 11 is 6.32. The number of aromatic nitrogens is 3. The van der Waals surface area contributed by atoms with Crippen molar-refractivity contribution in [3.05, 3.63) is 46.6 Å². The first-order chi connectivity index (χ1) is 16.7. The van der Waals surface area contributed by atoms with Gasteiger partial charge >= 0.3 is 6.18 Å². The molecule has 5 rings (SSSR count). The number of fused-ring (bicyclic) bond motifs is 1. The van der Waals surface area contributed by atoms with E-state index in [2.05, 4.69) is 10.3 Å². The van der Waals surface area contributed by atoms with E-state index >= 15 is 0 Å². The van der Waals surface area contributed by atoms with Gasteiger partial charge < -0.3 is 14.7 Å². The smallest absolute Gasteiger partial charge is 0.380 e.